The van der Waals surface area contributed by atoms with E-state index in [-0.39, 0.29) is 12.4 Å². The number of thiophene rings is 1. The molecule has 0 fully saturated rings. The van der Waals surface area contributed by atoms with Crippen molar-refractivity contribution in [2.75, 3.05) is 0 Å². The second-order valence-corrected chi connectivity index (χ2v) is 6.99. The fraction of sp³-hybridized carbons (Fsp3) is 0.100. The van der Waals surface area contributed by atoms with Crippen molar-refractivity contribution in [2.45, 2.75) is 13.5 Å². The second kappa shape index (κ2) is 6.31. The molecule has 130 valence electrons. The maximum atomic E-state index is 12.4. The van der Waals surface area contributed by atoms with Gasteiger partial charge in [0.05, 0.1) is 0 Å². The molecular formula is C20H14O5S. The molecule has 2 aromatic carbocycles. The number of rotatable bonds is 3. The number of aromatic hydroxyl groups is 1. The molecule has 6 heteroatoms. The Hall–Kier alpha value is -3.12. The van der Waals surface area contributed by atoms with Crippen molar-refractivity contribution in [2.24, 2.45) is 0 Å². The minimum Gasteiger partial charge on any atom is -0.508 e. The van der Waals surface area contributed by atoms with Crippen LogP contribution in [0.25, 0.3) is 21.1 Å². The number of benzene rings is 2. The van der Waals surface area contributed by atoms with Gasteiger partial charge in [0.1, 0.15) is 22.8 Å². The summed E-state index contributed by atoms with van der Waals surface area (Å²) in [4.78, 5) is 24.7. The van der Waals surface area contributed by atoms with Crippen molar-refractivity contribution in [3.8, 4) is 5.75 Å². The molecule has 0 saturated carbocycles. The van der Waals surface area contributed by atoms with Crippen LogP contribution in [0.15, 0.2) is 57.7 Å². The van der Waals surface area contributed by atoms with Gasteiger partial charge in [-0.05, 0) is 36.6 Å². The molecule has 0 aliphatic carbocycles. The summed E-state index contributed by atoms with van der Waals surface area (Å²) in [5.74, 6) is -0.400. The Kier molecular flexibility index (Phi) is 3.97. The van der Waals surface area contributed by atoms with Crippen LogP contribution in [0.4, 0.5) is 0 Å². The van der Waals surface area contributed by atoms with E-state index >= 15 is 0 Å². The number of phenolic OH excluding ortho intramolecular Hbond substituents is 1. The first-order valence-corrected chi connectivity index (χ1v) is 8.75. The van der Waals surface area contributed by atoms with Gasteiger partial charge < -0.3 is 14.3 Å². The van der Waals surface area contributed by atoms with Gasteiger partial charge in [-0.25, -0.2) is 9.59 Å². The number of phenols is 1. The van der Waals surface area contributed by atoms with Gasteiger partial charge in [0.15, 0.2) is 0 Å². The number of esters is 1. The van der Waals surface area contributed by atoms with Gasteiger partial charge in [0, 0.05) is 27.3 Å². The molecule has 4 aromatic rings. The van der Waals surface area contributed by atoms with Crippen LogP contribution in [0.2, 0.25) is 0 Å². The highest BCUT2D eigenvalue weighted by molar-refractivity contribution is 7.20. The van der Waals surface area contributed by atoms with E-state index in [0.717, 1.165) is 10.1 Å². The quantitative estimate of drug-likeness (QED) is 0.430. The Morgan fingerprint density at radius 1 is 1.19 bits per heavy atom. The SMILES string of the molecule is Cc1c(O)ccc2c(COC(=O)c3cc4ccccc4s3)cc(=O)oc12. The molecule has 0 bridgehead atoms. The van der Waals surface area contributed by atoms with Crippen LogP contribution < -0.4 is 5.63 Å². The van der Waals surface area contributed by atoms with E-state index in [0.29, 0.717) is 27.0 Å². The first-order chi connectivity index (χ1) is 12.5. The van der Waals surface area contributed by atoms with Gasteiger partial charge in [-0.2, -0.15) is 0 Å². The van der Waals surface area contributed by atoms with E-state index in [1.54, 1.807) is 19.1 Å². The highest BCUT2D eigenvalue weighted by Gasteiger charge is 2.15. The molecule has 0 amide bonds. The molecule has 2 aromatic heterocycles. The van der Waals surface area contributed by atoms with Crippen LogP contribution in [0, 0.1) is 6.92 Å². The highest BCUT2D eigenvalue weighted by atomic mass is 32.1. The number of ether oxygens (including phenoxy) is 1. The summed E-state index contributed by atoms with van der Waals surface area (Å²) in [5, 5.41) is 11.4. The summed E-state index contributed by atoms with van der Waals surface area (Å²) in [6.07, 6.45) is 0. The largest absolute Gasteiger partial charge is 0.508 e. The van der Waals surface area contributed by atoms with Gasteiger partial charge in [-0.1, -0.05) is 18.2 Å². The average molecular weight is 366 g/mol. The number of hydrogen-bond donors (Lipinski definition) is 1. The van der Waals surface area contributed by atoms with Crippen LogP contribution in [0.1, 0.15) is 20.8 Å². The van der Waals surface area contributed by atoms with Crippen LogP contribution in [-0.2, 0) is 11.3 Å². The van der Waals surface area contributed by atoms with Gasteiger partial charge in [0.25, 0.3) is 0 Å². The Bertz CT molecular complexity index is 1170. The summed E-state index contributed by atoms with van der Waals surface area (Å²) in [7, 11) is 0. The van der Waals surface area contributed by atoms with E-state index in [4.69, 9.17) is 9.15 Å². The molecule has 0 atom stereocenters. The van der Waals surface area contributed by atoms with E-state index in [1.807, 2.05) is 24.3 Å². The predicted octanol–water partition coefficient (Wildman–Crippen LogP) is 4.38. The standard InChI is InChI=1S/C20H14O5S/c1-11-15(21)7-6-14-13(9-18(22)25-19(11)14)10-24-20(23)17-8-12-4-2-3-5-16(12)26-17/h2-9,21H,10H2,1H3. The molecule has 0 spiro atoms. The number of fused-ring (bicyclic) bond motifs is 2. The van der Waals surface area contributed by atoms with Gasteiger partial charge in [0.2, 0.25) is 0 Å². The molecule has 0 radical (unpaired) electrons. The maximum absolute atomic E-state index is 12.4. The predicted molar refractivity (Wildman–Crippen MR) is 99.8 cm³/mol. The fourth-order valence-electron chi connectivity index (χ4n) is 2.83. The molecular weight excluding hydrogens is 352 g/mol. The van der Waals surface area contributed by atoms with E-state index < -0.39 is 11.6 Å². The lowest BCUT2D eigenvalue weighted by Gasteiger charge is -2.08. The first kappa shape index (κ1) is 16.4. The number of hydrogen-bond acceptors (Lipinski definition) is 6. The zero-order valence-electron chi connectivity index (χ0n) is 13.8. The van der Waals surface area contributed by atoms with Crippen LogP contribution in [0.3, 0.4) is 0 Å². The molecule has 2 heterocycles. The van der Waals surface area contributed by atoms with Gasteiger partial charge >= 0.3 is 11.6 Å². The zero-order chi connectivity index (χ0) is 18.3. The molecule has 0 aliphatic rings. The maximum Gasteiger partial charge on any atom is 0.348 e. The molecule has 0 saturated heterocycles. The summed E-state index contributed by atoms with van der Waals surface area (Å²) in [6.45, 7) is 1.60. The van der Waals surface area contributed by atoms with E-state index in [1.165, 1.54) is 23.5 Å². The molecule has 0 unspecified atom stereocenters. The van der Waals surface area contributed by atoms with Gasteiger partial charge in [-0.15, -0.1) is 11.3 Å². The first-order valence-electron chi connectivity index (χ1n) is 7.94. The highest BCUT2D eigenvalue weighted by Crippen LogP contribution is 2.29. The number of carbonyl (C=O) groups excluding carboxylic acids is 1. The summed E-state index contributed by atoms with van der Waals surface area (Å²) in [5.41, 5.74) is 0.746. The molecule has 4 rings (SSSR count). The Labute approximate surface area is 152 Å². The third kappa shape index (κ3) is 2.84. The van der Waals surface area contributed by atoms with Crippen LogP contribution in [-0.4, -0.2) is 11.1 Å². The Morgan fingerprint density at radius 2 is 2.00 bits per heavy atom. The number of aryl methyl sites for hydroxylation is 1. The minimum absolute atomic E-state index is 0.0417. The molecule has 26 heavy (non-hydrogen) atoms. The number of carbonyl (C=O) groups is 1. The lowest BCUT2D eigenvalue weighted by molar-refractivity contribution is 0.0479. The van der Waals surface area contributed by atoms with Crippen LogP contribution in [0.5, 0.6) is 5.75 Å². The van der Waals surface area contributed by atoms with Crippen molar-refractivity contribution >= 4 is 38.4 Å². The van der Waals surface area contributed by atoms with Crippen LogP contribution >= 0.6 is 11.3 Å². The average Bonchev–Trinajstić information content (AvgIpc) is 3.07. The Balaban J connectivity index is 1.64. The van der Waals surface area contributed by atoms with E-state index in [2.05, 4.69) is 0 Å². The normalized spacial score (nSPS) is 11.1. The molecule has 5 nitrogen and oxygen atoms in total. The zero-order valence-corrected chi connectivity index (χ0v) is 14.6. The summed E-state index contributed by atoms with van der Waals surface area (Å²) in [6, 6.07) is 14.0. The van der Waals surface area contributed by atoms with Gasteiger partial charge in [-0.3, -0.25) is 0 Å². The summed E-state index contributed by atoms with van der Waals surface area (Å²) >= 11 is 1.36. The van der Waals surface area contributed by atoms with Crippen molar-refractivity contribution in [3.63, 3.8) is 0 Å². The lowest BCUT2D eigenvalue weighted by Crippen LogP contribution is -2.07. The van der Waals surface area contributed by atoms with Crippen molar-refractivity contribution < 1.29 is 19.1 Å². The third-order valence-corrected chi connectivity index (χ3v) is 5.30. The fourth-order valence-corrected chi connectivity index (χ4v) is 3.79. The Morgan fingerprint density at radius 3 is 2.81 bits per heavy atom. The molecule has 1 N–H and O–H groups in total. The summed E-state index contributed by atoms with van der Waals surface area (Å²) < 4.78 is 11.6. The van der Waals surface area contributed by atoms with Crippen molar-refractivity contribution in [1.29, 1.82) is 0 Å². The smallest absolute Gasteiger partial charge is 0.348 e. The topological polar surface area (TPSA) is 76.7 Å². The minimum atomic E-state index is -0.556. The van der Waals surface area contributed by atoms with Crippen molar-refractivity contribution in [3.05, 3.63) is 75.0 Å². The second-order valence-electron chi connectivity index (χ2n) is 5.90. The van der Waals surface area contributed by atoms with Crippen molar-refractivity contribution in [1.82, 2.24) is 0 Å². The molecule has 0 aliphatic heterocycles. The third-order valence-electron chi connectivity index (χ3n) is 4.20. The monoisotopic (exact) mass is 366 g/mol. The van der Waals surface area contributed by atoms with E-state index in [9.17, 15) is 14.7 Å². The lowest BCUT2D eigenvalue weighted by atomic mass is 10.1.